The van der Waals surface area contributed by atoms with Gasteiger partial charge < -0.3 is 0 Å². The second kappa shape index (κ2) is 12.8. The van der Waals surface area contributed by atoms with Gasteiger partial charge in [-0.15, -0.1) is 0 Å². The Balaban J connectivity index is 0.00000353. The zero-order valence-electron chi connectivity index (χ0n) is 22.8. The van der Waals surface area contributed by atoms with Crippen LogP contribution in [0.15, 0.2) is 152 Å². The molecule has 3 heterocycles. The molecule has 0 saturated heterocycles. The maximum atomic E-state index is 4.90. The zero-order valence-corrected chi connectivity index (χ0v) is 22.8. The van der Waals surface area contributed by atoms with E-state index in [4.69, 9.17) is 4.98 Å². The quantitative estimate of drug-likeness (QED) is 0.186. The number of rotatable bonds is 9. The van der Waals surface area contributed by atoms with E-state index in [1.54, 1.807) is 12.4 Å². The van der Waals surface area contributed by atoms with Crippen molar-refractivity contribution in [2.75, 3.05) is 0 Å². The van der Waals surface area contributed by atoms with Crippen molar-refractivity contribution in [2.45, 2.75) is 18.8 Å². The highest BCUT2D eigenvalue weighted by atomic mass is 14.8. The number of nitrogens with zero attached hydrogens (tertiary/aromatic N) is 3. The van der Waals surface area contributed by atoms with E-state index in [2.05, 4.69) is 119 Å². The number of aromatic nitrogens is 3. The smallest absolute Gasteiger partial charge is 0.0900 e. The summed E-state index contributed by atoms with van der Waals surface area (Å²) in [7, 11) is 0. The molecule has 0 spiro atoms. The monoisotopic (exact) mass is 531 g/mol. The molecule has 3 nitrogen and oxygen atoms in total. The summed E-state index contributed by atoms with van der Waals surface area (Å²) < 4.78 is 0. The van der Waals surface area contributed by atoms with Crippen LogP contribution in [-0.2, 0) is 6.42 Å². The third-order valence-electron chi connectivity index (χ3n) is 7.26. The van der Waals surface area contributed by atoms with Crippen molar-refractivity contribution in [3.8, 4) is 33.9 Å². The van der Waals surface area contributed by atoms with Gasteiger partial charge in [-0.2, -0.15) is 0 Å². The van der Waals surface area contributed by atoms with E-state index in [1.165, 1.54) is 16.7 Å². The molecule has 1 unspecified atom stereocenters. The number of hydrogen-bond acceptors (Lipinski definition) is 3. The van der Waals surface area contributed by atoms with E-state index < -0.39 is 0 Å². The molecule has 0 aliphatic heterocycles. The van der Waals surface area contributed by atoms with Crippen molar-refractivity contribution in [2.24, 2.45) is 0 Å². The summed E-state index contributed by atoms with van der Waals surface area (Å²) in [6, 6.07) is 46.3. The zero-order chi connectivity index (χ0) is 27.7. The standard InChI is InChI=1S/C38H31N3.H2/c1-3-11-29(12-4-1)17-21-32(31-13-5-2-6-14-31)22-18-30-19-23-33(24-20-30)34-27-37(35-15-7-9-25-39-35)41-38(28-34)36-16-8-10-26-40-36;/h1-17,19-21,23-28,32H,18,22H2;1H/b21-17-;. The van der Waals surface area contributed by atoms with Crippen LogP contribution >= 0.6 is 0 Å². The van der Waals surface area contributed by atoms with Gasteiger partial charge in [0.2, 0.25) is 0 Å². The lowest BCUT2D eigenvalue weighted by molar-refractivity contribution is 0.738. The first-order chi connectivity index (χ1) is 20.3. The van der Waals surface area contributed by atoms with Crippen molar-refractivity contribution in [3.05, 3.63) is 169 Å². The molecule has 0 aliphatic rings. The Morgan fingerprint density at radius 1 is 0.561 bits per heavy atom. The predicted molar refractivity (Wildman–Crippen MR) is 171 cm³/mol. The van der Waals surface area contributed by atoms with Crippen LogP contribution in [0.1, 0.15) is 30.5 Å². The van der Waals surface area contributed by atoms with Gasteiger partial charge in [0.15, 0.2) is 0 Å². The van der Waals surface area contributed by atoms with E-state index in [0.717, 1.165) is 46.7 Å². The molecule has 6 aromatic rings. The predicted octanol–water partition coefficient (Wildman–Crippen LogP) is 9.55. The average Bonchev–Trinajstić information content (AvgIpc) is 3.06. The van der Waals surface area contributed by atoms with Crippen LogP contribution in [-0.4, -0.2) is 15.0 Å². The normalized spacial score (nSPS) is 11.9. The molecule has 0 bridgehead atoms. The molecule has 6 rings (SSSR count). The maximum absolute atomic E-state index is 4.90. The molecule has 0 radical (unpaired) electrons. The summed E-state index contributed by atoms with van der Waals surface area (Å²) in [5.74, 6) is 0.346. The number of hydrogen-bond donors (Lipinski definition) is 0. The van der Waals surface area contributed by atoms with E-state index >= 15 is 0 Å². The van der Waals surface area contributed by atoms with Crippen molar-refractivity contribution in [1.29, 1.82) is 0 Å². The van der Waals surface area contributed by atoms with E-state index in [9.17, 15) is 0 Å². The Labute approximate surface area is 243 Å². The summed E-state index contributed by atoms with van der Waals surface area (Å²) in [6.45, 7) is 0. The van der Waals surface area contributed by atoms with Crippen LogP contribution in [0, 0.1) is 0 Å². The fourth-order valence-corrected chi connectivity index (χ4v) is 5.04. The summed E-state index contributed by atoms with van der Waals surface area (Å²) in [6.07, 6.45) is 10.2. The molecular formula is C38H33N3. The van der Waals surface area contributed by atoms with Crippen LogP contribution in [0.2, 0.25) is 0 Å². The number of pyridine rings is 3. The minimum Gasteiger partial charge on any atom is -0.255 e. The molecule has 3 aromatic carbocycles. The van der Waals surface area contributed by atoms with Crippen molar-refractivity contribution in [3.63, 3.8) is 0 Å². The SMILES string of the molecule is C(=C/C(CCc1ccc(-c2cc(-c3ccccn3)nc(-c3ccccn3)c2)cc1)c1ccccc1)/c1ccccc1.[HH]. The number of benzene rings is 3. The molecular weight excluding hydrogens is 498 g/mol. The number of aryl methyl sites for hydroxylation is 1. The lowest BCUT2D eigenvalue weighted by Crippen LogP contribution is -1.98. The van der Waals surface area contributed by atoms with E-state index in [-0.39, 0.29) is 1.43 Å². The van der Waals surface area contributed by atoms with Crippen LogP contribution in [0.3, 0.4) is 0 Å². The van der Waals surface area contributed by atoms with Crippen LogP contribution in [0.5, 0.6) is 0 Å². The fraction of sp³-hybridized carbons (Fsp3) is 0.0789. The summed E-state index contributed by atoms with van der Waals surface area (Å²) >= 11 is 0. The van der Waals surface area contributed by atoms with Gasteiger partial charge in [-0.1, -0.05) is 109 Å². The van der Waals surface area contributed by atoms with Gasteiger partial charge >= 0.3 is 0 Å². The van der Waals surface area contributed by atoms with Crippen LogP contribution < -0.4 is 0 Å². The minimum atomic E-state index is 0. The van der Waals surface area contributed by atoms with Crippen LogP contribution in [0.4, 0.5) is 0 Å². The Morgan fingerprint density at radius 2 is 1.15 bits per heavy atom. The van der Waals surface area contributed by atoms with Gasteiger partial charge in [-0.25, -0.2) is 4.98 Å². The highest BCUT2D eigenvalue weighted by Gasteiger charge is 2.12. The highest BCUT2D eigenvalue weighted by Crippen LogP contribution is 2.30. The third-order valence-corrected chi connectivity index (χ3v) is 7.26. The van der Waals surface area contributed by atoms with Gasteiger partial charge in [0.1, 0.15) is 0 Å². The molecule has 0 N–H and O–H groups in total. The lowest BCUT2D eigenvalue weighted by atomic mass is 9.91. The topological polar surface area (TPSA) is 38.7 Å². The van der Waals surface area contributed by atoms with E-state index in [1.807, 2.05) is 36.4 Å². The van der Waals surface area contributed by atoms with Gasteiger partial charge in [0, 0.05) is 19.7 Å². The molecule has 3 aromatic heterocycles. The van der Waals surface area contributed by atoms with Gasteiger partial charge in [0.25, 0.3) is 0 Å². The Morgan fingerprint density at radius 3 is 1.73 bits per heavy atom. The largest absolute Gasteiger partial charge is 0.255 e. The Kier molecular flexibility index (Phi) is 8.15. The molecule has 0 fully saturated rings. The van der Waals surface area contributed by atoms with Crippen molar-refractivity contribution in [1.82, 2.24) is 15.0 Å². The summed E-state index contributed by atoms with van der Waals surface area (Å²) in [5, 5.41) is 0. The van der Waals surface area contributed by atoms with Gasteiger partial charge in [-0.05, 0) is 77.1 Å². The Bertz CT molecular complexity index is 1650. The molecule has 0 aliphatic carbocycles. The van der Waals surface area contributed by atoms with Crippen LogP contribution in [0.25, 0.3) is 40.0 Å². The summed E-state index contributed by atoms with van der Waals surface area (Å²) in [5.41, 5.74) is 9.51. The molecule has 41 heavy (non-hydrogen) atoms. The average molecular weight is 532 g/mol. The second-order valence-corrected chi connectivity index (χ2v) is 10.1. The first-order valence-corrected chi connectivity index (χ1v) is 14.0. The highest BCUT2D eigenvalue weighted by molar-refractivity contribution is 5.74. The molecule has 0 saturated carbocycles. The lowest BCUT2D eigenvalue weighted by Gasteiger charge is -2.14. The van der Waals surface area contributed by atoms with Crippen molar-refractivity contribution < 1.29 is 1.43 Å². The summed E-state index contributed by atoms with van der Waals surface area (Å²) in [4.78, 5) is 14.0. The third kappa shape index (κ3) is 6.71. The first-order valence-electron chi connectivity index (χ1n) is 14.0. The molecule has 200 valence electrons. The molecule has 1 atom stereocenters. The number of allylic oxidation sites excluding steroid dienone is 1. The van der Waals surface area contributed by atoms with E-state index in [0.29, 0.717) is 5.92 Å². The first kappa shape index (κ1) is 26.1. The van der Waals surface area contributed by atoms with Gasteiger partial charge in [0.05, 0.1) is 22.8 Å². The minimum absolute atomic E-state index is 0. The molecule has 3 heteroatoms. The fourth-order valence-electron chi connectivity index (χ4n) is 5.04. The molecule has 0 amide bonds. The van der Waals surface area contributed by atoms with Gasteiger partial charge in [-0.3, -0.25) is 9.97 Å². The van der Waals surface area contributed by atoms with Crippen molar-refractivity contribution >= 4 is 6.08 Å². The maximum Gasteiger partial charge on any atom is 0.0900 e. The Hall–Kier alpha value is -5.15. The second-order valence-electron chi connectivity index (χ2n) is 10.1.